The monoisotopic (exact) mass is 160 g/mol. The summed E-state index contributed by atoms with van der Waals surface area (Å²) in [6, 6.07) is 8.49. The summed E-state index contributed by atoms with van der Waals surface area (Å²) in [6.07, 6.45) is 6.25. The zero-order valence-corrected chi connectivity index (χ0v) is 7.16. The van der Waals surface area contributed by atoms with Gasteiger partial charge >= 0.3 is 0 Å². The first-order valence-electron chi connectivity index (χ1n) is 4.02. The Morgan fingerprint density at radius 1 is 1.33 bits per heavy atom. The Balaban J connectivity index is 0.000000213. The molecule has 0 bridgehead atoms. The lowest BCUT2D eigenvalue weighted by Gasteiger charge is -1.93. The Labute approximate surface area is 72.7 Å². The van der Waals surface area contributed by atoms with E-state index in [4.69, 9.17) is 4.79 Å². The number of allylic oxidation sites excluding steroid dienone is 1. The van der Waals surface area contributed by atoms with Crippen molar-refractivity contribution in [1.29, 1.82) is 0 Å². The summed E-state index contributed by atoms with van der Waals surface area (Å²) in [5.74, 6) is 0. The summed E-state index contributed by atoms with van der Waals surface area (Å²) < 4.78 is 0. The molecule has 0 saturated heterocycles. The van der Waals surface area contributed by atoms with Crippen molar-refractivity contribution in [2.75, 3.05) is 0 Å². The van der Waals surface area contributed by atoms with Crippen LogP contribution < -0.4 is 0 Å². The molecule has 0 unspecified atom stereocenters. The summed E-state index contributed by atoms with van der Waals surface area (Å²) in [7, 11) is 0. The van der Waals surface area contributed by atoms with Gasteiger partial charge < -0.3 is 4.79 Å². The molecule has 0 heterocycles. The summed E-state index contributed by atoms with van der Waals surface area (Å²) >= 11 is 0. The second-order valence-corrected chi connectivity index (χ2v) is 2.54. The molecular formula is C11H12O. The fourth-order valence-electron chi connectivity index (χ4n) is 1.20. The molecule has 62 valence electrons. The van der Waals surface area contributed by atoms with Gasteiger partial charge in [-0.05, 0) is 24.5 Å². The van der Waals surface area contributed by atoms with Crippen LogP contribution in [0.4, 0.5) is 0 Å². The molecule has 0 aliphatic heterocycles. The Bertz CT molecular complexity index is 287. The van der Waals surface area contributed by atoms with Gasteiger partial charge in [-0.3, -0.25) is 0 Å². The van der Waals surface area contributed by atoms with E-state index in [2.05, 4.69) is 36.4 Å². The Hall–Kier alpha value is -1.37. The molecule has 1 aromatic rings. The minimum atomic E-state index is 0.750. The van der Waals surface area contributed by atoms with E-state index in [-0.39, 0.29) is 0 Å². The maximum Gasteiger partial charge on any atom is 0.116 e. The molecule has 0 N–H and O–H groups in total. The van der Waals surface area contributed by atoms with Gasteiger partial charge in [-0.15, -0.1) is 0 Å². The molecule has 1 aromatic carbocycles. The summed E-state index contributed by atoms with van der Waals surface area (Å²) in [5, 5.41) is 0. The molecule has 0 amide bonds. The maximum absolute atomic E-state index is 8.81. The number of carbonyl (C=O) groups is 1. The van der Waals surface area contributed by atoms with E-state index in [1.54, 1.807) is 0 Å². The van der Waals surface area contributed by atoms with Gasteiger partial charge in [0.05, 0.1) is 0 Å². The number of carbonyl (C=O) groups excluding carboxylic acids is 1. The summed E-state index contributed by atoms with van der Waals surface area (Å²) in [5.41, 5.74) is 2.84. The van der Waals surface area contributed by atoms with Gasteiger partial charge in [0.25, 0.3) is 0 Å². The van der Waals surface area contributed by atoms with Crippen LogP contribution in [-0.2, 0) is 11.2 Å². The van der Waals surface area contributed by atoms with Crippen LogP contribution >= 0.6 is 0 Å². The lowest BCUT2D eigenvalue weighted by atomic mass is 10.1. The number of fused-ring (bicyclic) bond motifs is 1. The summed E-state index contributed by atoms with van der Waals surface area (Å²) in [4.78, 5) is 8.81. The number of rotatable bonds is 0. The van der Waals surface area contributed by atoms with Gasteiger partial charge in [0.1, 0.15) is 6.29 Å². The molecule has 1 aliphatic carbocycles. The van der Waals surface area contributed by atoms with Crippen molar-refractivity contribution in [3.05, 3.63) is 41.5 Å². The molecule has 0 saturated carbocycles. The first-order chi connectivity index (χ1) is 5.88. The Morgan fingerprint density at radius 2 is 2.00 bits per heavy atom. The highest BCUT2D eigenvalue weighted by Crippen LogP contribution is 2.17. The molecule has 1 aliphatic rings. The third-order valence-electron chi connectivity index (χ3n) is 1.69. The number of benzene rings is 1. The van der Waals surface area contributed by atoms with Crippen LogP contribution in [0.1, 0.15) is 18.1 Å². The van der Waals surface area contributed by atoms with Crippen LogP contribution in [0.25, 0.3) is 6.08 Å². The van der Waals surface area contributed by atoms with E-state index in [1.165, 1.54) is 18.1 Å². The Kier molecular flexibility index (Phi) is 3.27. The Morgan fingerprint density at radius 3 is 2.67 bits per heavy atom. The highest BCUT2D eigenvalue weighted by molar-refractivity contribution is 5.59. The second-order valence-electron chi connectivity index (χ2n) is 2.54. The van der Waals surface area contributed by atoms with E-state index < -0.39 is 0 Å². The predicted molar refractivity (Wildman–Crippen MR) is 50.9 cm³/mol. The highest BCUT2D eigenvalue weighted by Gasteiger charge is 2.00. The van der Waals surface area contributed by atoms with E-state index in [1.807, 2.05) is 0 Å². The van der Waals surface area contributed by atoms with Crippen molar-refractivity contribution in [2.24, 2.45) is 0 Å². The number of hydrogen-bond donors (Lipinski definition) is 0. The van der Waals surface area contributed by atoms with Crippen molar-refractivity contribution >= 4 is 12.4 Å². The van der Waals surface area contributed by atoms with Crippen LogP contribution in [0.5, 0.6) is 0 Å². The molecule has 0 radical (unpaired) electrons. The van der Waals surface area contributed by atoms with E-state index >= 15 is 0 Å². The third kappa shape index (κ3) is 2.06. The minimum absolute atomic E-state index is 0.750. The van der Waals surface area contributed by atoms with Crippen molar-refractivity contribution in [2.45, 2.75) is 13.3 Å². The zero-order chi connectivity index (χ0) is 8.81. The molecule has 1 heteroatoms. The van der Waals surface area contributed by atoms with Crippen molar-refractivity contribution in [3.8, 4) is 0 Å². The average Bonchev–Trinajstić information content (AvgIpc) is 2.52. The van der Waals surface area contributed by atoms with Crippen molar-refractivity contribution in [3.63, 3.8) is 0 Å². The normalized spacial score (nSPS) is 11.4. The third-order valence-corrected chi connectivity index (χ3v) is 1.69. The van der Waals surface area contributed by atoms with Gasteiger partial charge in [0, 0.05) is 0 Å². The second kappa shape index (κ2) is 4.50. The molecule has 2 rings (SSSR count). The molecule has 0 atom stereocenters. The van der Waals surface area contributed by atoms with Gasteiger partial charge in [-0.2, -0.15) is 0 Å². The van der Waals surface area contributed by atoms with Crippen molar-refractivity contribution < 1.29 is 4.79 Å². The predicted octanol–water partition coefficient (Wildman–Crippen LogP) is 2.46. The zero-order valence-electron chi connectivity index (χ0n) is 7.16. The van der Waals surface area contributed by atoms with Crippen LogP contribution in [0, 0.1) is 0 Å². The van der Waals surface area contributed by atoms with E-state index in [0.29, 0.717) is 0 Å². The number of hydrogen-bond acceptors (Lipinski definition) is 1. The first-order valence-corrected chi connectivity index (χ1v) is 4.02. The van der Waals surface area contributed by atoms with Gasteiger partial charge in [0.15, 0.2) is 0 Å². The van der Waals surface area contributed by atoms with Gasteiger partial charge in [-0.25, -0.2) is 0 Å². The smallest absolute Gasteiger partial charge is 0.116 e. The number of aldehydes is 1. The SMILES string of the molecule is C1=Cc2ccccc2C1.CC=O. The fraction of sp³-hybridized carbons (Fsp3) is 0.182. The lowest BCUT2D eigenvalue weighted by molar-refractivity contribution is -0.106. The maximum atomic E-state index is 8.81. The first kappa shape index (κ1) is 8.72. The average molecular weight is 160 g/mol. The van der Waals surface area contributed by atoms with Crippen LogP contribution in [0.3, 0.4) is 0 Å². The topological polar surface area (TPSA) is 17.1 Å². The molecule has 0 aromatic heterocycles. The van der Waals surface area contributed by atoms with Crippen LogP contribution in [0.15, 0.2) is 30.3 Å². The molecular weight excluding hydrogens is 148 g/mol. The molecule has 0 spiro atoms. The largest absolute Gasteiger partial charge is 0.304 e. The lowest BCUT2D eigenvalue weighted by Crippen LogP contribution is -1.76. The van der Waals surface area contributed by atoms with Crippen LogP contribution in [-0.4, -0.2) is 6.29 Å². The van der Waals surface area contributed by atoms with Gasteiger partial charge in [0.2, 0.25) is 0 Å². The quantitative estimate of drug-likeness (QED) is 0.533. The summed E-state index contributed by atoms with van der Waals surface area (Å²) in [6.45, 7) is 1.44. The highest BCUT2D eigenvalue weighted by atomic mass is 16.1. The van der Waals surface area contributed by atoms with E-state index in [9.17, 15) is 0 Å². The van der Waals surface area contributed by atoms with Crippen molar-refractivity contribution in [1.82, 2.24) is 0 Å². The van der Waals surface area contributed by atoms with Gasteiger partial charge in [-0.1, -0.05) is 36.4 Å². The standard InChI is InChI=1S/C9H8.C2H4O/c1-2-5-9-7-3-6-8(9)4-1;1-2-3/h1-6H,7H2;2H,1H3. The molecule has 12 heavy (non-hydrogen) atoms. The van der Waals surface area contributed by atoms with E-state index in [0.717, 1.165) is 12.7 Å². The minimum Gasteiger partial charge on any atom is -0.304 e. The fourth-order valence-corrected chi connectivity index (χ4v) is 1.20. The molecule has 1 nitrogen and oxygen atoms in total. The molecule has 0 fully saturated rings. The van der Waals surface area contributed by atoms with Crippen LogP contribution in [0.2, 0.25) is 0 Å².